The standard InChI is InChI=1S/C22H28N2O3/c1-3-26-20-10-6-7-11-21(20)27-15-23-22(25)24-16(2)18-13-12-17-8-4-5-9-19(17)14-18/h6-7,10-14,16H,3-5,8-9,15H2,1-2H3,(H2,23,24,25). The first kappa shape index (κ1) is 19.1. The first-order chi connectivity index (χ1) is 13.2. The zero-order chi connectivity index (χ0) is 19.1. The highest BCUT2D eigenvalue weighted by molar-refractivity contribution is 5.74. The molecule has 0 bridgehead atoms. The number of hydrogen-bond donors (Lipinski definition) is 2. The summed E-state index contributed by atoms with van der Waals surface area (Å²) in [6, 6.07) is 13.7. The Balaban J connectivity index is 1.49. The van der Waals surface area contributed by atoms with Gasteiger partial charge < -0.3 is 20.1 Å². The van der Waals surface area contributed by atoms with Crippen molar-refractivity contribution in [3.05, 3.63) is 59.2 Å². The fourth-order valence-corrected chi connectivity index (χ4v) is 3.38. The molecule has 5 nitrogen and oxygen atoms in total. The van der Waals surface area contributed by atoms with Gasteiger partial charge in [-0.15, -0.1) is 0 Å². The second-order valence-corrected chi connectivity index (χ2v) is 6.78. The Labute approximate surface area is 161 Å². The van der Waals surface area contributed by atoms with Crippen LogP contribution in [0.5, 0.6) is 11.5 Å². The summed E-state index contributed by atoms with van der Waals surface area (Å²) in [5.74, 6) is 1.28. The number of hydrogen-bond acceptors (Lipinski definition) is 3. The number of carbonyl (C=O) groups is 1. The SMILES string of the molecule is CCOc1ccccc1OCNC(=O)NC(C)c1ccc2c(c1)CCCC2. The van der Waals surface area contributed by atoms with E-state index in [1.807, 2.05) is 38.1 Å². The Kier molecular flexibility index (Phi) is 6.58. The zero-order valence-corrected chi connectivity index (χ0v) is 16.1. The van der Waals surface area contributed by atoms with E-state index in [1.165, 1.54) is 30.4 Å². The molecule has 0 aliphatic heterocycles. The van der Waals surface area contributed by atoms with Gasteiger partial charge in [0.2, 0.25) is 0 Å². The first-order valence-electron chi connectivity index (χ1n) is 9.68. The quantitative estimate of drug-likeness (QED) is 0.714. The lowest BCUT2D eigenvalue weighted by Crippen LogP contribution is -2.39. The van der Waals surface area contributed by atoms with E-state index in [0.29, 0.717) is 18.1 Å². The highest BCUT2D eigenvalue weighted by Crippen LogP contribution is 2.26. The maximum Gasteiger partial charge on any atom is 0.317 e. The predicted molar refractivity (Wildman–Crippen MR) is 106 cm³/mol. The lowest BCUT2D eigenvalue weighted by Gasteiger charge is -2.20. The maximum atomic E-state index is 12.2. The normalized spacial score (nSPS) is 14.0. The summed E-state index contributed by atoms with van der Waals surface area (Å²) in [6.07, 6.45) is 4.82. The van der Waals surface area contributed by atoms with E-state index in [4.69, 9.17) is 9.47 Å². The molecule has 1 aliphatic carbocycles. The summed E-state index contributed by atoms with van der Waals surface area (Å²) in [6.45, 7) is 4.55. The van der Waals surface area contributed by atoms with Gasteiger partial charge in [-0.25, -0.2) is 4.79 Å². The molecule has 0 fully saturated rings. The number of aryl methyl sites for hydroxylation is 2. The third-order valence-electron chi connectivity index (χ3n) is 4.83. The lowest BCUT2D eigenvalue weighted by atomic mass is 9.89. The molecule has 1 unspecified atom stereocenters. The van der Waals surface area contributed by atoms with E-state index in [-0.39, 0.29) is 18.8 Å². The van der Waals surface area contributed by atoms with Crippen molar-refractivity contribution in [1.29, 1.82) is 0 Å². The Morgan fingerprint density at radius 1 is 1.04 bits per heavy atom. The molecule has 0 radical (unpaired) electrons. The summed E-state index contributed by atoms with van der Waals surface area (Å²) in [7, 11) is 0. The lowest BCUT2D eigenvalue weighted by molar-refractivity contribution is 0.217. The van der Waals surface area contributed by atoms with Crippen LogP contribution in [0, 0.1) is 0 Å². The van der Waals surface area contributed by atoms with Gasteiger partial charge in [0, 0.05) is 0 Å². The second kappa shape index (κ2) is 9.31. The molecule has 144 valence electrons. The predicted octanol–water partition coefficient (Wildman–Crippen LogP) is 4.36. The molecule has 0 spiro atoms. The van der Waals surface area contributed by atoms with E-state index >= 15 is 0 Å². The molecule has 1 aliphatic rings. The van der Waals surface area contributed by atoms with Gasteiger partial charge in [0.25, 0.3) is 0 Å². The van der Waals surface area contributed by atoms with E-state index in [1.54, 1.807) is 0 Å². The Hall–Kier alpha value is -2.69. The molecule has 0 saturated heterocycles. The first-order valence-corrected chi connectivity index (χ1v) is 9.68. The van der Waals surface area contributed by atoms with Crippen molar-refractivity contribution in [1.82, 2.24) is 10.6 Å². The van der Waals surface area contributed by atoms with E-state index in [0.717, 1.165) is 12.0 Å². The van der Waals surface area contributed by atoms with Crippen molar-refractivity contribution >= 4 is 6.03 Å². The Morgan fingerprint density at radius 3 is 2.48 bits per heavy atom. The van der Waals surface area contributed by atoms with Crippen molar-refractivity contribution < 1.29 is 14.3 Å². The average Bonchev–Trinajstić information content (AvgIpc) is 2.69. The van der Waals surface area contributed by atoms with Crippen molar-refractivity contribution in [2.45, 2.75) is 45.6 Å². The van der Waals surface area contributed by atoms with Crippen LogP contribution in [0.1, 0.15) is 49.4 Å². The number of ether oxygens (including phenoxy) is 2. The zero-order valence-electron chi connectivity index (χ0n) is 16.1. The number of amides is 2. The van der Waals surface area contributed by atoms with Gasteiger partial charge in [-0.3, -0.25) is 0 Å². The number of fused-ring (bicyclic) bond motifs is 1. The Morgan fingerprint density at radius 2 is 1.74 bits per heavy atom. The van der Waals surface area contributed by atoms with Crippen LogP contribution in [-0.4, -0.2) is 19.4 Å². The van der Waals surface area contributed by atoms with E-state index < -0.39 is 0 Å². The summed E-state index contributed by atoms with van der Waals surface area (Å²) in [5, 5.41) is 5.70. The number of nitrogens with one attached hydrogen (secondary N) is 2. The number of carbonyl (C=O) groups excluding carboxylic acids is 1. The van der Waals surface area contributed by atoms with Crippen molar-refractivity contribution in [3.63, 3.8) is 0 Å². The van der Waals surface area contributed by atoms with Crippen LogP contribution in [0.4, 0.5) is 4.79 Å². The molecule has 1 atom stereocenters. The molecule has 3 rings (SSSR count). The number of urea groups is 1. The van der Waals surface area contributed by atoms with Crippen LogP contribution in [-0.2, 0) is 12.8 Å². The summed E-state index contributed by atoms with van der Waals surface area (Å²) >= 11 is 0. The highest BCUT2D eigenvalue weighted by atomic mass is 16.5. The molecular formula is C22H28N2O3. The van der Waals surface area contributed by atoms with Crippen molar-refractivity contribution in [2.24, 2.45) is 0 Å². The highest BCUT2D eigenvalue weighted by Gasteiger charge is 2.14. The third-order valence-corrected chi connectivity index (χ3v) is 4.83. The third kappa shape index (κ3) is 5.16. The maximum absolute atomic E-state index is 12.2. The summed E-state index contributed by atoms with van der Waals surface area (Å²) in [5.41, 5.74) is 4.00. The molecule has 2 N–H and O–H groups in total. The van der Waals surface area contributed by atoms with Gasteiger partial charge in [0.05, 0.1) is 12.6 Å². The number of benzene rings is 2. The van der Waals surface area contributed by atoms with Gasteiger partial charge in [-0.1, -0.05) is 30.3 Å². The van der Waals surface area contributed by atoms with Crippen LogP contribution in [0.3, 0.4) is 0 Å². The largest absolute Gasteiger partial charge is 0.490 e. The van der Waals surface area contributed by atoms with Crippen LogP contribution in [0.25, 0.3) is 0 Å². The summed E-state index contributed by atoms with van der Waals surface area (Å²) in [4.78, 5) is 12.2. The van der Waals surface area contributed by atoms with Gasteiger partial charge in [0.15, 0.2) is 18.2 Å². The molecule has 0 heterocycles. The minimum atomic E-state index is -0.255. The molecule has 2 aromatic rings. The van der Waals surface area contributed by atoms with Crippen LogP contribution >= 0.6 is 0 Å². The van der Waals surface area contributed by atoms with Crippen LogP contribution in [0.2, 0.25) is 0 Å². The molecule has 0 saturated carbocycles. The van der Waals surface area contributed by atoms with Crippen molar-refractivity contribution in [2.75, 3.05) is 13.3 Å². The summed E-state index contributed by atoms with van der Waals surface area (Å²) < 4.78 is 11.1. The minimum Gasteiger partial charge on any atom is -0.490 e. The number of para-hydroxylation sites is 2. The van der Waals surface area contributed by atoms with Crippen LogP contribution < -0.4 is 20.1 Å². The van der Waals surface area contributed by atoms with Gasteiger partial charge in [-0.05, 0) is 68.4 Å². The molecule has 0 aromatic heterocycles. The van der Waals surface area contributed by atoms with E-state index in [9.17, 15) is 4.79 Å². The minimum absolute atomic E-state index is 0.0621. The molecule has 5 heteroatoms. The smallest absolute Gasteiger partial charge is 0.317 e. The Bertz CT molecular complexity index is 776. The van der Waals surface area contributed by atoms with E-state index in [2.05, 4.69) is 28.8 Å². The topological polar surface area (TPSA) is 59.6 Å². The van der Waals surface area contributed by atoms with Gasteiger partial charge in [-0.2, -0.15) is 0 Å². The monoisotopic (exact) mass is 368 g/mol. The van der Waals surface area contributed by atoms with Crippen LogP contribution in [0.15, 0.2) is 42.5 Å². The molecule has 2 amide bonds. The fraction of sp³-hybridized carbons (Fsp3) is 0.409. The van der Waals surface area contributed by atoms with Gasteiger partial charge in [0.1, 0.15) is 0 Å². The molecule has 2 aromatic carbocycles. The van der Waals surface area contributed by atoms with Gasteiger partial charge >= 0.3 is 6.03 Å². The fourth-order valence-electron chi connectivity index (χ4n) is 3.38. The number of rotatable bonds is 7. The molecular weight excluding hydrogens is 340 g/mol. The second-order valence-electron chi connectivity index (χ2n) is 6.78. The van der Waals surface area contributed by atoms with Crippen molar-refractivity contribution in [3.8, 4) is 11.5 Å². The molecule has 27 heavy (non-hydrogen) atoms. The average molecular weight is 368 g/mol.